The Bertz CT molecular complexity index is 701. The third-order valence-electron chi connectivity index (χ3n) is 3.17. The second kappa shape index (κ2) is 7.48. The Hall–Kier alpha value is -2.77. The average molecular weight is 319 g/mol. The number of hydrogen-bond donors (Lipinski definition) is 3. The first-order valence-electron chi connectivity index (χ1n) is 7.21. The quantitative estimate of drug-likeness (QED) is 0.746. The molecule has 8 heteroatoms. The zero-order valence-corrected chi connectivity index (χ0v) is 12.9. The van der Waals surface area contributed by atoms with E-state index >= 15 is 0 Å². The maximum absolute atomic E-state index is 13.1. The summed E-state index contributed by atoms with van der Waals surface area (Å²) in [4.78, 5) is 27.9. The number of nitrogens with zero attached hydrogens (tertiary/aromatic N) is 2. The van der Waals surface area contributed by atoms with Crippen LogP contribution in [0.5, 0.6) is 0 Å². The summed E-state index contributed by atoms with van der Waals surface area (Å²) >= 11 is 0. The summed E-state index contributed by atoms with van der Waals surface area (Å²) in [6, 6.07) is 4.93. The molecule has 1 heterocycles. The van der Waals surface area contributed by atoms with E-state index in [0.717, 1.165) is 6.07 Å². The Labute approximate surface area is 132 Å². The molecular weight excluding hydrogens is 301 g/mol. The number of carbonyl (C=O) groups excluding carboxylic acids is 2. The van der Waals surface area contributed by atoms with Crippen LogP contribution < -0.4 is 10.6 Å². The van der Waals surface area contributed by atoms with Gasteiger partial charge < -0.3 is 10.6 Å². The van der Waals surface area contributed by atoms with E-state index in [-0.39, 0.29) is 24.1 Å². The number of benzene rings is 1. The number of aryl methyl sites for hydroxylation is 1. The van der Waals surface area contributed by atoms with E-state index in [9.17, 15) is 14.0 Å². The van der Waals surface area contributed by atoms with Crippen molar-refractivity contribution in [1.29, 1.82) is 0 Å². The van der Waals surface area contributed by atoms with Crippen LogP contribution in [0.25, 0.3) is 0 Å². The van der Waals surface area contributed by atoms with Crippen molar-refractivity contribution in [3.63, 3.8) is 0 Å². The van der Waals surface area contributed by atoms with E-state index in [1.165, 1.54) is 18.2 Å². The fourth-order valence-corrected chi connectivity index (χ4v) is 2.00. The van der Waals surface area contributed by atoms with Crippen molar-refractivity contribution >= 4 is 11.8 Å². The second-order valence-electron chi connectivity index (χ2n) is 5.00. The molecule has 1 aromatic heterocycles. The molecule has 0 aliphatic rings. The van der Waals surface area contributed by atoms with E-state index < -0.39 is 11.7 Å². The Morgan fingerprint density at radius 2 is 2.17 bits per heavy atom. The molecule has 2 amide bonds. The maximum atomic E-state index is 13.1. The van der Waals surface area contributed by atoms with E-state index in [1.807, 2.05) is 6.92 Å². The van der Waals surface area contributed by atoms with Crippen LogP contribution in [0.15, 0.2) is 24.3 Å². The fourth-order valence-electron chi connectivity index (χ4n) is 2.00. The zero-order valence-electron chi connectivity index (χ0n) is 12.9. The third-order valence-corrected chi connectivity index (χ3v) is 3.17. The normalized spacial score (nSPS) is 11.8. The van der Waals surface area contributed by atoms with Crippen molar-refractivity contribution in [1.82, 2.24) is 25.8 Å². The standard InChI is InChI=1S/C15H18FN5O2/c1-3-12(14-18-9(2)20-21-14)19-13(22)8-17-15(23)10-5-4-6-11(16)7-10/h4-7,12H,3,8H2,1-2H3,(H,17,23)(H,19,22)(H,18,20,21)/t12-/m1/s1. The smallest absolute Gasteiger partial charge is 0.251 e. The van der Waals surface area contributed by atoms with Gasteiger partial charge in [0.25, 0.3) is 5.91 Å². The monoisotopic (exact) mass is 319 g/mol. The van der Waals surface area contributed by atoms with Gasteiger partial charge in [-0.1, -0.05) is 13.0 Å². The molecule has 0 saturated heterocycles. The first-order chi connectivity index (χ1) is 11.0. The highest BCUT2D eigenvalue weighted by Gasteiger charge is 2.17. The zero-order chi connectivity index (χ0) is 16.8. The average Bonchev–Trinajstić information content (AvgIpc) is 2.96. The molecule has 122 valence electrons. The van der Waals surface area contributed by atoms with Crippen LogP contribution in [0.1, 0.15) is 41.4 Å². The van der Waals surface area contributed by atoms with Crippen molar-refractivity contribution in [2.24, 2.45) is 0 Å². The van der Waals surface area contributed by atoms with Gasteiger partial charge in [-0.15, -0.1) is 0 Å². The molecule has 2 aromatic rings. The highest BCUT2D eigenvalue weighted by Crippen LogP contribution is 2.11. The van der Waals surface area contributed by atoms with Crippen LogP contribution in [0.2, 0.25) is 0 Å². The lowest BCUT2D eigenvalue weighted by atomic mass is 10.2. The number of carbonyl (C=O) groups is 2. The number of aromatic amines is 1. The maximum Gasteiger partial charge on any atom is 0.251 e. The van der Waals surface area contributed by atoms with Crippen LogP contribution in [0, 0.1) is 12.7 Å². The molecule has 1 aromatic carbocycles. The molecule has 3 N–H and O–H groups in total. The van der Waals surface area contributed by atoms with Gasteiger partial charge in [0.2, 0.25) is 5.91 Å². The minimum Gasteiger partial charge on any atom is -0.344 e. The largest absolute Gasteiger partial charge is 0.344 e. The molecule has 0 aliphatic heterocycles. The van der Waals surface area contributed by atoms with Gasteiger partial charge in [-0.05, 0) is 31.5 Å². The van der Waals surface area contributed by atoms with Gasteiger partial charge in [-0.25, -0.2) is 9.37 Å². The van der Waals surface area contributed by atoms with Crippen molar-refractivity contribution in [2.75, 3.05) is 6.54 Å². The number of nitrogens with one attached hydrogen (secondary N) is 3. The highest BCUT2D eigenvalue weighted by molar-refractivity contribution is 5.96. The summed E-state index contributed by atoms with van der Waals surface area (Å²) in [6.45, 7) is 3.45. The number of H-pyrrole nitrogens is 1. The minimum atomic E-state index is -0.513. The van der Waals surface area contributed by atoms with Gasteiger partial charge in [-0.2, -0.15) is 5.10 Å². The lowest BCUT2D eigenvalue weighted by Gasteiger charge is -2.14. The van der Waals surface area contributed by atoms with Crippen LogP contribution in [-0.4, -0.2) is 33.5 Å². The molecule has 23 heavy (non-hydrogen) atoms. The predicted octanol–water partition coefficient (Wildman–Crippen LogP) is 1.25. The lowest BCUT2D eigenvalue weighted by Crippen LogP contribution is -2.38. The predicted molar refractivity (Wildman–Crippen MR) is 81.0 cm³/mol. The molecule has 2 rings (SSSR count). The molecule has 0 radical (unpaired) electrons. The van der Waals surface area contributed by atoms with E-state index in [2.05, 4.69) is 25.8 Å². The Morgan fingerprint density at radius 1 is 1.39 bits per heavy atom. The number of amides is 2. The Balaban J connectivity index is 1.88. The van der Waals surface area contributed by atoms with E-state index in [0.29, 0.717) is 18.1 Å². The molecular formula is C15H18FN5O2. The van der Waals surface area contributed by atoms with Crippen LogP contribution in [0.3, 0.4) is 0 Å². The molecule has 0 aliphatic carbocycles. The first kappa shape index (κ1) is 16.6. The minimum absolute atomic E-state index is 0.162. The van der Waals surface area contributed by atoms with Gasteiger partial charge in [0.1, 0.15) is 11.6 Å². The lowest BCUT2D eigenvalue weighted by molar-refractivity contribution is -0.121. The highest BCUT2D eigenvalue weighted by atomic mass is 19.1. The molecule has 7 nitrogen and oxygen atoms in total. The number of hydrogen-bond acceptors (Lipinski definition) is 4. The van der Waals surface area contributed by atoms with Crippen molar-refractivity contribution < 1.29 is 14.0 Å². The summed E-state index contributed by atoms with van der Waals surface area (Å²) in [5.74, 6) is -0.236. The van der Waals surface area contributed by atoms with Crippen molar-refractivity contribution in [3.05, 3.63) is 47.3 Å². The molecule has 0 unspecified atom stereocenters. The number of aromatic nitrogens is 3. The van der Waals surface area contributed by atoms with E-state index in [1.54, 1.807) is 6.92 Å². The van der Waals surface area contributed by atoms with Gasteiger partial charge in [0.15, 0.2) is 5.82 Å². The van der Waals surface area contributed by atoms with Crippen LogP contribution in [-0.2, 0) is 4.79 Å². The van der Waals surface area contributed by atoms with Crippen molar-refractivity contribution in [2.45, 2.75) is 26.3 Å². The summed E-state index contributed by atoms with van der Waals surface area (Å²) in [7, 11) is 0. The van der Waals surface area contributed by atoms with Crippen molar-refractivity contribution in [3.8, 4) is 0 Å². The molecule has 0 saturated carbocycles. The summed E-state index contributed by atoms with van der Waals surface area (Å²) < 4.78 is 13.1. The number of rotatable bonds is 6. The third kappa shape index (κ3) is 4.60. The summed E-state index contributed by atoms with van der Waals surface area (Å²) in [6.07, 6.45) is 0.612. The summed E-state index contributed by atoms with van der Waals surface area (Å²) in [5, 5.41) is 11.9. The number of halogens is 1. The SMILES string of the molecule is CC[C@@H](NC(=O)CNC(=O)c1cccc(F)c1)c1n[nH]c(C)n1. The topological polar surface area (TPSA) is 99.8 Å². The fraction of sp³-hybridized carbons (Fsp3) is 0.333. The summed E-state index contributed by atoms with van der Waals surface area (Å²) in [5.41, 5.74) is 0.162. The van der Waals surface area contributed by atoms with Gasteiger partial charge >= 0.3 is 0 Å². The molecule has 0 bridgehead atoms. The van der Waals surface area contributed by atoms with Crippen LogP contribution in [0.4, 0.5) is 4.39 Å². The second-order valence-corrected chi connectivity index (χ2v) is 5.00. The Morgan fingerprint density at radius 3 is 2.78 bits per heavy atom. The molecule has 0 spiro atoms. The first-order valence-corrected chi connectivity index (χ1v) is 7.21. The Kier molecular flexibility index (Phi) is 5.40. The molecule has 0 fully saturated rings. The van der Waals surface area contributed by atoms with Gasteiger partial charge in [0.05, 0.1) is 12.6 Å². The van der Waals surface area contributed by atoms with Crippen LogP contribution >= 0.6 is 0 Å². The molecule has 1 atom stereocenters. The van der Waals surface area contributed by atoms with Gasteiger partial charge in [0, 0.05) is 5.56 Å². The van der Waals surface area contributed by atoms with Gasteiger partial charge in [-0.3, -0.25) is 14.7 Å². The van der Waals surface area contributed by atoms with E-state index in [4.69, 9.17) is 0 Å².